The molecule has 1 rings (SSSR count). The summed E-state index contributed by atoms with van der Waals surface area (Å²) in [4.78, 5) is 11.1. The third kappa shape index (κ3) is 5.43. The molecule has 0 aliphatic rings. The molecule has 0 radical (unpaired) electrons. The summed E-state index contributed by atoms with van der Waals surface area (Å²) in [7, 11) is 0. The quantitative estimate of drug-likeness (QED) is 0.822. The lowest BCUT2D eigenvalue weighted by atomic mass is 9.97. The minimum absolute atomic E-state index is 0.0359. The third-order valence-electron chi connectivity index (χ3n) is 3.59. The van der Waals surface area contributed by atoms with Gasteiger partial charge in [-0.2, -0.15) is 0 Å². The molecule has 106 valence electrons. The van der Waals surface area contributed by atoms with Crippen molar-refractivity contribution in [1.82, 2.24) is 5.32 Å². The lowest BCUT2D eigenvalue weighted by Gasteiger charge is -2.21. The zero-order valence-electron chi connectivity index (χ0n) is 12.7. The zero-order valence-corrected chi connectivity index (χ0v) is 12.7. The van der Waals surface area contributed by atoms with Gasteiger partial charge in [0.1, 0.15) is 0 Å². The summed E-state index contributed by atoms with van der Waals surface area (Å²) in [6, 6.07) is 8.29. The molecule has 0 aromatic heterocycles. The van der Waals surface area contributed by atoms with Gasteiger partial charge in [0.05, 0.1) is 0 Å². The van der Waals surface area contributed by atoms with Crippen LogP contribution in [0.15, 0.2) is 24.3 Å². The second-order valence-electron chi connectivity index (χ2n) is 5.66. The van der Waals surface area contributed by atoms with Crippen molar-refractivity contribution in [2.75, 3.05) is 11.9 Å². The van der Waals surface area contributed by atoms with E-state index in [4.69, 9.17) is 0 Å². The average Bonchev–Trinajstić information content (AvgIpc) is 2.34. The minimum Gasteiger partial charge on any atom is -0.326 e. The number of hydrogen-bond donors (Lipinski definition) is 2. The Bertz CT molecular complexity index is 415. The molecule has 2 N–H and O–H groups in total. The van der Waals surface area contributed by atoms with E-state index in [1.165, 1.54) is 12.5 Å². The molecule has 1 aromatic rings. The van der Waals surface area contributed by atoms with Gasteiger partial charge in [-0.25, -0.2) is 0 Å². The normalized spacial score (nSPS) is 14.2. The Balaban J connectivity index is 2.61. The van der Waals surface area contributed by atoms with Gasteiger partial charge in [0.2, 0.25) is 5.91 Å². The van der Waals surface area contributed by atoms with Gasteiger partial charge in [-0.15, -0.1) is 0 Å². The molecule has 1 amide bonds. The number of anilines is 1. The first-order valence-corrected chi connectivity index (χ1v) is 7.01. The van der Waals surface area contributed by atoms with Crippen LogP contribution in [0.4, 0.5) is 5.69 Å². The molecule has 0 bridgehead atoms. The van der Waals surface area contributed by atoms with Crippen molar-refractivity contribution in [1.29, 1.82) is 0 Å². The summed E-state index contributed by atoms with van der Waals surface area (Å²) >= 11 is 0. The van der Waals surface area contributed by atoms with Crippen molar-refractivity contribution in [2.24, 2.45) is 11.8 Å². The summed E-state index contributed by atoms with van der Waals surface area (Å²) in [6.07, 6.45) is 0. The van der Waals surface area contributed by atoms with Crippen LogP contribution >= 0.6 is 0 Å². The molecule has 0 spiro atoms. The molecule has 1 aromatic carbocycles. The van der Waals surface area contributed by atoms with Gasteiger partial charge in [-0.05, 0) is 43.0 Å². The topological polar surface area (TPSA) is 41.1 Å². The van der Waals surface area contributed by atoms with Crippen LogP contribution in [-0.2, 0) is 4.79 Å². The van der Waals surface area contributed by atoms with E-state index < -0.39 is 0 Å². The molecule has 3 heteroatoms. The van der Waals surface area contributed by atoms with E-state index in [9.17, 15) is 4.79 Å². The van der Waals surface area contributed by atoms with Crippen molar-refractivity contribution >= 4 is 11.6 Å². The molecular weight excluding hydrogens is 236 g/mol. The summed E-state index contributed by atoms with van der Waals surface area (Å²) in [5.74, 6) is 1.30. The first-order chi connectivity index (χ1) is 8.90. The molecule has 0 fully saturated rings. The lowest BCUT2D eigenvalue weighted by Crippen LogP contribution is -2.26. The number of benzene rings is 1. The molecular formula is C16H26N2O. The molecule has 0 saturated heterocycles. The molecule has 3 nitrogen and oxygen atoms in total. The highest BCUT2D eigenvalue weighted by Crippen LogP contribution is 2.18. The summed E-state index contributed by atoms with van der Waals surface area (Å²) < 4.78 is 0. The van der Waals surface area contributed by atoms with Gasteiger partial charge < -0.3 is 10.6 Å². The molecule has 19 heavy (non-hydrogen) atoms. The van der Waals surface area contributed by atoms with Crippen LogP contribution in [0.5, 0.6) is 0 Å². The Morgan fingerprint density at radius 2 is 1.89 bits per heavy atom. The predicted molar refractivity (Wildman–Crippen MR) is 81.2 cm³/mol. The van der Waals surface area contributed by atoms with Gasteiger partial charge in [0.25, 0.3) is 0 Å². The maximum absolute atomic E-state index is 11.1. The standard InChI is InChI=1S/C16H26N2O/c1-11(2)12(3)10-17-13(4)15-7-6-8-16(9-15)18-14(5)19/h6-9,11-13,17H,10H2,1-5H3,(H,18,19). The number of amides is 1. The molecule has 0 heterocycles. The molecule has 2 atom stereocenters. The Kier molecular flexibility index (Phi) is 6.03. The SMILES string of the molecule is CC(=O)Nc1cccc(C(C)NCC(C)C(C)C)c1. The van der Waals surface area contributed by atoms with E-state index in [2.05, 4.69) is 44.4 Å². The van der Waals surface area contributed by atoms with Crippen molar-refractivity contribution in [3.05, 3.63) is 29.8 Å². The van der Waals surface area contributed by atoms with Crippen LogP contribution < -0.4 is 10.6 Å². The number of carbonyl (C=O) groups is 1. The maximum atomic E-state index is 11.1. The summed E-state index contributed by atoms with van der Waals surface area (Å²) in [5.41, 5.74) is 2.05. The third-order valence-corrected chi connectivity index (χ3v) is 3.59. The maximum Gasteiger partial charge on any atom is 0.221 e. The summed E-state index contributed by atoms with van der Waals surface area (Å²) in [6.45, 7) is 11.4. The van der Waals surface area contributed by atoms with Crippen LogP contribution in [0.2, 0.25) is 0 Å². The van der Waals surface area contributed by atoms with Crippen molar-refractivity contribution < 1.29 is 4.79 Å². The van der Waals surface area contributed by atoms with Gasteiger partial charge in [-0.1, -0.05) is 32.9 Å². The Morgan fingerprint density at radius 1 is 1.21 bits per heavy atom. The van der Waals surface area contributed by atoms with E-state index >= 15 is 0 Å². The highest BCUT2D eigenvalue weighted by atomic mass is 16.1. The van der Waals surface area contributed by atoms with Crippen LogP contribution in [0.1, 0.15) is 46.2 Å². The highest BCUT2D eigenvalue weighted by molar-refractivity contribution is 5.88. The van der Waals surface area contributed by atoms with Gasteiger partial charge >= 0.3 is 0 Å². The first kappa shape index (κ1) is 15.7. The second kappa shape index (κ2) is 7.29. The number of nitrogens with one attached hydrogen (secondary N) is 2. The van der Waals surface area contributed by atoms with E-state index in [1.807, 2.05) is 18.2 Å². The fraction of sp³-hybridized carbons (Fsp3) is 0.562. The van der Waals surface area contributed by atoms with Crippen LogP contribution in [0, 0.1) is 11.8 Å². The van der Waals surface area contributed by atoms with E-state index in [-0.39, 0.29) is 11.9 Å². The van der Waals surface area contributed by atoms with Crippen molar-refractivity contribution in [3.63, 3.8) is 0 Å². The molecule has 0 aliphatic carbocycles. The lowest BCUT2D eigenvalue weighted by molar-refractivity contribution is -0.114. The fourth-order valence-corrected chi connectivity index (χ4v) is 1.81. The first-order valence-electron chi connectivity index (χ1n) is 7.01. The average molecular weight is 262 g/mol. The van der Waals surface area contributed by atoms with E-state index in [0.717, 1.165) is 12.2 Å². The van der Waals surface area contributed by atoms with Crippen molar-refractivity contribution in [2.45, 2.75) is 40.7 Å². The van der Waals surface area contributed by atoms with Crippen LogP contribution in [0.25, 0.3) is 0 Å². The van der Waals surface area contributed by atoms with E-state index in [1.54, 1.807) is 0 Å². The monoisotopic (exact) mass is 262 g/mol. The smallest absolute Gasteiger partial charge is 0.221 e. The highest BCUT2D eigenvalue weighted by Gasteiger charge is 2.10. The van der Waals surface area contributed by atoms with Gasteiger partial charge in [0, 0.05) is 18.7 Å². The van der Waals surface area contributed by atoms with Gasteiger partial charge in [0.15, 0.2) is 0 Å². The second-order valence-corrected chi connectivity index (χ2v) is 5.66. The Hall–Kier alpha value is -1.35. The van der Waals surface area contributed by atoms with Gasteiger partial charge in [-0.3, -0.25) is 4.79 Å². The minimum atomic E-state index is -0.0359. The summed E-state index contributed by atoms with van der Waals surface area (Å²) in [5, 5.41) is 6.36. The molecule has 0 saturated carbocycles. The van der Waals surface area contributed by atoms with Crippen LogP contribution in [-0.4, -0.2) is 12.5 Å². The number of carbonyl (C=O) groups excluding carboxylic acids is 1. The number of hydrogen-bond acceptors (Lipinski definition) is 2. The largest absolute Gasteiger partial charge is 0.326 e. The molecule has 0 aliphatic heterocycles. The van der Waals surface area contributed by atoms with Crippen LogP contribution in [0.3, 0.4) is 0 Å². The van der Waals surface area contributed by atoms with Crippen molar-refractivity contribution in [3.8, 4) is 0 Å². The number of rotatable bonds is 6. The Morgan fingerprint density at radius 3 is 2.47 bits per heavy atom. The fourth-order valence-electron chi connectivity index (χ4n) is 1.81. The van der Waals surface area contributed by atoms with E-state index in [0.29, 0.717) is 11.8 Å². The molecule has 2 unspecified atom stereocenters. The predicted octanol–water partition coefficient (Wildman–Crippen LogP) is 3.59. The Labute approximate surface area is 116 Å². The zero-order chi connectivity index (χ0) is 14.4.